The quantitative estimate of drug-likeness (QED) is 0.887. The van der Waals surface area contributed by atoms with Gasteiger partial charge in [0.1, 0.15) is 11.6 Å². The lowest BCUT2D eigenvalue weighted by atomic mass is 10.0. The van der Waals surface area contributed by atoms with E-state index >= 15 is 0 Å². The molecule has 1 saturated heterocycles. The molecule has 2 aliphatic rings. The van der Waals surface area contributed by atoms with Gasteiger partial charge >= 0.3 is 0 Å². The molecule has 0 radical (unpaired) electrons. The van der Waals surface area contributed by atoms with Gasteiger partial charge in [-0.15, -0.1) is 0 Å². The average molecular weight is 364 g/mol. The number of piperidine rings is 1. The van der Waals surface area contributed by atoms with Gasteiger partial charge in [0.05, 0.1) is 6.26 Å². The van der Waals surface area contributed by atoms with E-state index in [0.717, 1.165) is 36.4 Å². The van der Waals surface area contributed by atoms with Crippen molar-refractivity contribution in [3.63, 3.8) is 0 Å². The molecule has 5 heteroatoms. The number of rotatable bonds is 3. The van der Waals surface area contributed by atoms with Gasteiger partial charge in [0, 0.05) is 36.0 Å². The van der Waals surface area contributed by atoms with Gasteiger partial charge in [0.2, 0.25) is 0 Å². The molecule has 2 aromatic carbocycles. The van der Waals surface area contributed by atoms with E-state index in [1.165, 1.54) is 12.1 Å². The maximum atomic E-state index is 13.1. The summed E-state index contributed by atoms with van der Waals surface area (Å²) in [5.41, 5.74) is 2.37. The van der Waals surface area contributed by atoms with Crippen molar-refractivity contribution in [2.75, 3.05) is 18.4 Å². The Hall–Kier alpha value is -3.08. The lowest BCUT2D eigenvalue weighted by Gasteiger charge is -2.34. The maximum Gasteiger partial charge on any atom is 0.254 e. The van der Waals surface area contributed by atoms with Crippen LogP contribution < -0.4 is 10.1 Å². The van der Waals surface area contributed by atoms with E-state index in [1.54, 1.807) is 24.5 Å². The molecule has 0 saturated carbocycles. The summed E-state index contributed by atoms with van der Waals surface area (Å²) in [6.45, 7) is 1.35. The Labute approximate surface area is 157 Å². The van der Waals surface area contributed by atoms with E-state index in [2.05, 4.69) is 5.32 Å². The fourth-order valence-electron chi connectivity index (χ4n) is 3.48. The van der Waals surface area contributed by atoms with Crippen molar-refractivity contribution in [1.82, 2.24) is 4.90 Å². The number of halogens is 1. The summed E-state index contributed by atoms with van der Waals surface area (Å²) in [6, 6.07) is 14.1. The number of carbonyl (C=O) groups is 1. The summed E-state index contributed by atoms with van der Waals surface area (Å²) in [5.74, 6) is 0.485. The number of para-hydroxylation sites is 1. The van der Waals surface area contributed by atoms with Gasteiger partial charge in [-0.3, -0.25) is 4.79 Å². The van der Waals surface area contributed by atoms with Crippen LogP contribution in [0.2, 0.25) is 0 Å². The minimum absolute atomic E-state index is 0.00263. The molecular weight excluding hydrogens is 343 g/mol. The first kappa shape index (κ1) is 17.3. The number of anilines is 1. The van der Waals surface area contributed by atoms with Crippen LogP contribution in [0.1, 0.15) is 18.4 Å². The van der Waals surface area contributed by atoms with Crippen molar-refractivity contribution >= 4 is 17.7 Å². The molecule has 1 atom stereocenters. The van der Waals surface area contributed by atoms with Crippen molar-refractivity contribution in [1.29, 1.82) is 0 Å². The number of ether oxygens (including phenoxy) is 1. The first-order chi connectivity index (χ1) is 13.2. The number of nitrogens with zero attached hydrogens (tertiary/aromatic N) is 1. The Kier molecular flexibility index (Phi) is 4.92. The lowest BCUT2D eigenvalue weighted by Crippen LogP contribution is -2.45. The second kappa shape index (κ2) is 7.66. The van der Waals surface area contributed by atoms with Gasteiger partial charge < -0.3 is 15.0 Å². The van der Waals surface area contributed by atoms with Crippen molar-refractivity contribution in [2.24, 2.45) is 0 Å². The van der Waals surface area contributed by atoms with Crippen molar-refractivity contribution in [3.05, 3.63) is 77.8 Å². The summed E-state index contributed by atoms with van der Waals surface area (Å²) in [7, 11) is 0. The Morgan fingerprint density at radius 3 is 2.81 bits per heavy atom. The molecule has 0 aromatic heterocycles. The number of hydrogen-bond acceptors (Lipinski definition) is 3. The summed E-state index contributed by atoms with van der Waals surface area (Å²) in [5, 5.41) is 3.40. The van der Waals surface area contributed by atoms with Crippen LogP contribution in [0.15, 0.2) is 66.4 Å². The minimum Gasteiger partial charge on any atom is -0.464 e. The topological polar surface area (TPSA) is 41.6 Å². The molecule has 0 bridgehead atoms. The maximum absolute atomic E-state index is 13.1. The molecule has 0 spiro atoms. The van der Waals surface area contributed by atoms with Gasteiger partial charge in [-0.05, 0) is 55.3 Å². The zero-order chi connectivity index (χ0) is 18.6. The van der Waals surface area contributed by atoms with Gasteiger partial charge in [0.15, 0.2) is 0 Å². The predicted molar refractivity (Wildman–Crippen MR) is 104 cm³/mol. The fraction of sp³-hybridized carbons (Fsp3) is 0.227. The summed E-state index contributed by atoms with van der Waals surface area (Å²) >= 11 is 0. The van der Waals surface area contributed by atoms with Crippen LogP contribution in [-0.2, 0) is 4.79 Å². The number of hydrogen-bond donors (Lipinski definition) is 1. The zero-order valence-electron chi connectivity index (χ0n) is 14.9. The molecule has 27 heavy (non-hydrogen) atoms. The number of fused-ring (bicyclic) bond motifs is 1. The molecule has 4 rings (SSSR count). The smallest absolute Gasteiger partial charge is 0.254 e. The summed E-state index contributed by atoms with van der Waals surface area (Å²) in [4.78, 5) is 14.9. The standard InChI is InChI=1S/C22H21FN2O2/c23-18-7-9-19(10-8-18)24-20-5-3-12-25(15-20)22(26)17-11-13-27-21-6-2-1-4-16(21)14-17/h1-2,4,6-11,13-14,20,24H,3,5,12,15H2/t20-/m0/s1. The van der Waals surface area contributed by atoms with Gasteiger partial charge in [0.25, 0.3) is 5.91 Å². The molecule has 1 fully saturated rings. The Balaban J connectivity index is 1.47. The number of carbonyl (C=O) groups excluding carboxylic acids is 1. The first-order valence-corrected chi connectivity index (χ1v) is 9.14. The van der Waals surface area contributed by atoms with Gasteiger partial charge in [-0.25, -0.2) is 4.39 Å². The van der Waals surface area contributed by atoms with Crippen molar-refractivity contribution < 1.29 is 13.9 Å². The molecular formula is C22H21FN2O2. The van der Waals surface area contributed by atoms with Crippen molar-refractivity contribution in [3.8, 4) is 5.75 Å². The largest absolute Gasteiger partial charge is 0.464 e. The highest BCUT2D eigenvalue weighted by atomic mass is 19.1. The van der Waals surface area contributed by atoms with Crippen LogP contribution in [0, 0.1) is 5.82 Å². The Bertz CT molecular complexity index is 889. The highest BCUT2D eigenvalue weighted by Gasteiger charge is 2.25. The first-order valence-electron chi connectivity index (χ1n) is 9.14. The summed E-state index contributed by atoms with van der Waals surface area (Å²) < 4.78 is 18.7. The van der Waals surface area contributed by atoms with Crippen LogP contribution in [0.25, 0.3) is 6.08 Å². The zero-order valence-corrected chi connectivity index (χ0v) is 14.9. The molecule has 1 N–H and O–H groups in total. The van der Waals surface area contributed by atoms with E-state index < -0.39 is 0 Å². The van der Waals surface area contributed by atoms with E-state index in [-0.39, 0.29) is 17.8 Å². The van der Waals surface area contributed by atoms with E-state index in [0.29, 0.717) is 12.1 Å². The van der Waals surface area contributed by atoms with Crippen LogP contribution >= 0.6 is 0 Å². The van der Waals surface area contributed by atoms with Crippen LogP contribution in [0.5, 0.6) is 5.75 Å². The highest BCUT2D eigenvalue weighted by Crippen LogP contribution is 2.26. The van der Waals surface area contributed by atoms with Crippen molar-refractivity contribution in [2.45, 2.75) is 18.9 Å². The second-order valence-electron chi connectivity index (χ2n) is 6.80. The highest BCUT2D eigenvalue weighted by molar-refractivity contribution is 6.01. The lowest BCUT2D eigenvalue weighted by molar-refractivity contribution is -0.127. The third-order valence-electron chi connectivity index (χ3n) is 4.84. The predicted octanol–water partition coefficient (Wildman–Crippen LogP) is 4.22. The third-order valence-corrected chi connectivity index (χ3v) is 4.84. The number of amides is 1. The molecule has 2 heterocycles. The normalized spacial score (nSPS) is 18.8. The SMILES string of the molecule is O=C(C1=Cc2ccccc2OC=C1)N1CCC[C@H](Nc2ccc(F)cc2)C1. The molecule has 0 aliphatic carbocycles. The molecule has 138 valence electrons. The van der Waals surface area contributed by atoms with Crippen LogP contribution in [-0.4, -0.2) is 29.9 Å². The van der Waals surface area contributed by atoms with Crippen LogP contribution in [0.3, 0.4) is 0 Å². The molecule has 0 unspecified atom stereocenters. The molecule has 2 aromatic rings. The van der Waals surface area contributed by atoms with Gasteiger partial charge in [-0.2, -0.15) is 0 Å². The van der Waals surface area contributed by atoms with Crippen LogP contribution in [0.4, 0.5) is 10.1 Å². The Morgan fingerprint density at radius 2 is 1.96 bits per heavy atom. The average Bonchev–Trinajstić information content (AvgIpc) is 2.92. The molecule has 1 amide bonds. The van der Waals surface area contributed by atoms with E-state index in [1.807, 2.05) is 35.2 Å². The Morgan fingerprint density at radius 1 is 1.15 bits per heavy atom. The number of benzene rings is 2. The van der Waals surface area contributed by atoms with E-state index in [9.17, 15) is 9.18 Å². The monoisotopic (exact) mass is 364 g/mol. The van der Waals surface area contributed by atoms with Gasteiger partial charge in [-0.1, -0.05) is 18.2 Å². The number of nitrogens with one attached hydrogen (secondary N) is 1. The second-order valence-corrected chi connectivity index (χ2v) is 6.80. The minimum atomic E-state index is -0.254. The molecule has 2 aliphatic heterocycles. The molecule has 4 nitrogen and oxygen atoms in total. The fourth-order valence-corrected chi connectivity index (χ4v) is 3.48. The third kappa shape index (κ3) is 4.03. The number of likely N-dealkylation sites (tertiary alicyclic amines) is 1. The summed E-state index contributed by atoms with van der Waals surface area (Å²) in [6.07, 6.45) is 7.06. The van der Waals surface area contributed by atoms with E-state index in [4.69, 9.17) is 4.74 Å².